The molecule has 1 saturated carbocycles. The lowest BCUT2D eigenvalue weighted by Gasteiger charge is -2.24. The summed E-state index contributed by atoms with van der Waals surface area (Å²) < 4.78 is 5.26. The third-order valence-electron chi connectivity index (χ3n) is 4.73. The Morgan fingerprint density at radius 2 is 1.84 bits per heavy atom. The lowest BCUT2D eigenvalue weighted by molar-refractivity contribution is -0.130. The fourth-order valence-corrected chi connectivity index (χ4v) is 3.26. The van der Waals surface area contributed by atoms with Crippen molar-refractivity contribution in [2.24, 2.45) is 0 Å². The van der Waals surface area contributed by atoms with Gasteiger partial charge in [0, 0.05) is 11.4 Å². The quantitative estimate of drug-likeness (QED) is 0.834. The normalized spacial score (nSPS) is 16.4. The van der Waals surface area contributed by atoms with Crippen LogP contribution in [0.2, 0.25) is 0 Å². The molecule has 0 spiro atoms. The number of phenols is 1. The number of amides is 1. The zero-order valence-corrected chi connectivity index (χ0v) is 14.3. The second-order valence-corrected chi connectivity index (χ2v) is 6.57. The molecule has 1 aliphatic carbocycles. The van der Waals surface area contributed by atoms with Crippen molar-refractivity contribution in [2.45, 2.75) is 51.2 Å². The molecule has 0 aromatic heterocycles. The van der Waals surface area contributed by atoms with Gasteiger partial charge in [-0.2, -0.15) is 0 Å². The summed E-state index contributed by atoms with van der Waals surface area (Å²) in [4.78, 5) is 24.6. The Bertz CT molecular complexity index is 780. The maximum absolute atomic E-state index is 12.4. The molecule has 1 fully saturated rings. The molecule has 0 bridgehead atoms. The van der Waals surface area contributed by atoms with Gasteiger partial charge in [-0.05, 0) is 31.2 Å². The number of hydrogen-bond acceptors (Lipinski definition) is 4. The van der Waals surface area contributed by atoms with Crippen molar-refractivity contribution in [3.63, 3.8) is 0 Å². The maximum Gasteiger partial charge on any atom is 0.342 e. The molecule has 132 valence electrons. The molecule has 5 nitrogen and oxygen atoms in total. The molecule has 2 aromatic rings. The molecular formula is C20H23NO4. The van der Waals surface area contributed by atoms with Gasteiger partial charge in [0.05, 0.1) is 0 Å². The number of nitrogens with one attached hydrogen (secondary N) is 1. The lowest BCUT2D eigenvalue weighted by Crippen LogP contribution is -2.42. The molecule has 5 heteroatoms. The van der Waals surface area contributed by atoms with Crippen molar-refractivity contribution in [3.8, 4) is 5.75 Å². The van der Waals surface area contributed by atoms with Crippen molar-refractivity contribution in [3.05, 3.63) is 42.0 Å². The third kappa shape index (κ3) is 3.92. The predicted molar refractivity (Wildman–Crippen MR) is 95.5 cm³/mol. The minimum absolute atomic E-state index is 0.0658. The Labute approximate surface area is 147 Å². The summed E-state index contributed by atoms with van der Waals surface area (Å²) in [5.74, 6) is -1.11. The number of fused-ring (bicyclic) bond motifs is 1. The van der Waals surface area contributed by atoms with E-state index in [-0.39, 0.29) is 23.3 Å². The van der Waals surface area contributed by atoms with Gasteiger partial charge in [0.15, 0.2) is 6.10 Å². The summed E-state index contributed by atoms with van der Waals surface area (Å²) in [5.41, 5.74) is 0.0658. The van der Waals surface area contributed by atoms with E-state index in [9.17, 15) is 14.7 Å². The summed E-state index contributed by atoms with van der Waals surface area (Å²) in [5, 5.41) is 14.7. The van der Waals surface area contributed by atoms with E-state index in [2.05, 4.69) is 5.32 Å². The highest BCUT2D eigenvalue weighted by atomic mass is 16.5. The summed E-state index contributed by atoms with van der Waals surface area (Å²) >= 11 is 0. The number of hydrogen-bond donors (Lipinski definition) is 2. The molecule has 2 aromatic carbocycles. The minimum Gasteiger partial charge on any atom is -0.506 e. The van der Waals surface area contributed by atoms with Crippen LogP contribution in [0.3, 0.4) is 0 Å². The SMILES string of the molecule is C[C@@H](OC(=O)c1ccc2ccccc2c1O)C(=O)NC1CCCCC1. The number of esters is 1. The smallest absolute Gasteiger partial charge is 0.342 e. The summed E-state index contributed by atoms with van der Waals surface area (Å²) in [7, 11) is 0. The van der Waals surface area contributed by atoms with Gasteiger partial charge < -0.3 is 15.2 Å². The first-order valence-corrected chi connectivity index (χ1v) is 8.78. The fourth-order valence-electron chi connectivity index (χ4n) is 3.26. The molecule has 0 unspecified atom stereocenters. The van der Waals surface area contributed by atoms with Crippen LogP contribution in [0.25, 0.3) is 10.8 Å². The number of aromatic hydroxyl groups is 1. The van der Waals surface area contributed by atoms with Crippen LogP contribution in [0, 0.1) is 0 Å². The largest absolute Gasteiger partial charge is 0.506 e. The van der Waals surface area contributed by atoms with Crippen molar-refractivity contribution < 1.29 is 19.4 Å². The molecule has 25 heavy (non-hydrogen) atoms. The van der Waals surface area contributed by atoms with Gasteiger partial charge in [-0.25, -0.2) is 4.79 Å². The number of carbonyl (C=O) groups excluding carboxylic acids is 2. The standard InChI is InChI=1S/C20H23NO4/c1-13(19(23)21-15-8-3-2-4-9-15)25-20(24)17-12-11-14-7-5-6-10-16(14)18(17)22/h5-7,10-13,15,22H,2-4,8-9H2,1H3,(H,21,23)/t13-/m1/s1. The van der Waals surface area contributed by atoms with Gasteiger partial charge >= 0.3 is 5.97 Å². The van der Waals surface area contributed by atoms with Crippen LogP contribution in [0.15, 0.2) is 36.4 Å². The zero-order chi connectivity index (χ0) is 17.8. The Balaban J connectivity index is 1.67. The second kappa shape index (κ2) is 7.55. The van der Waals surface area contributed by atoms with Gasteiger partial charge in [0.25, 0.3) is 5.91 Å². The van der Waals surface area contributed by atoms with Crippen molar-refractivity contribution in [1.29, 1.82) is 0 Å². The molecule has 2 N–H and O–H groups in total. The third-order valence-corrected chi connectivity index (χ3v) is 4.73. The fraction of sp³-hybridized carbons (Fsp3) is 0.400. The number of phenolic OH excluding ortho intramolecular Hbond substituents is 1. The van der Waals surface area contributed by atoms with Crippen molar-refractivity contribution in [2.75, 3.05) is 0 Å². The van der Waals surface area contributed by atoms with Gasteiger partial charge in [-0.15, -0.1) is 0 Å². The van der Waals surface area contributed by atoms with Crippen LogP contribution in [0.5, 0.6) is 5.75 Å². The second-order valence-electron chi connectivity index (χ2n) is 6.57. The molecular weight excluding hydrogens is 318 g/mol. The Hall–Kier alpha value is -2.56. The van der Waals surface area contributed by atoms with Crippen LogP contribution >= 0.6 is 0 Å². The first-order valence-electron chi connectivity index (χ1n) is 8.78. The molecule has 0 aliphatic heterocycles. The highest BCUT2D eigenvalue weighted by molar-refractivity contribution is 6.01. The van der Waals surface area contributed by atoms with E-state index in [0.717, 1.165) is 31.1 Å². The first-order chi connectivity index (χ1) is 12.1. The highest BCUT2D eigenvalue weighted by Crippen LogP contribution is 2.29. The molecule has 0 heterocycles. The van der Waals surface area contributed by atoms with E-state index in [1.165, 1.54) is 12.5 Å². The average molecular weight is 341 g/mol. The molecule has 1 aliphatic rings. The highest BCUT2D eigenvalue weighted by Gasteiger charge is 2.24. The van der Waals surface area contributed by atoms with Gasteiger partial charge in [0.2, 0.25) is 0 Å². The number of benzene rings is 2. The predicted octanol–water partition coefficient (Wildman–Crippen LogP) is 3.54. The van der Waals surface area contributed by atoms with Crippen LogP contribution in [0.1, 0.15) is 49.4 Å². The Morgan fingerprint density at radius 3 is 2.60 bits per heavy atom. The summed E-state index contributed by atoms with van der Waals surface area (Å²) in [6, 6.07) is 10.7. The van der Waals surface area contributed by atoms with Crippen molar-refractivity contribution >= 4 is 22.6 Å². The van der Waals surface area contributed by atoms with Crippen LogP contribution in [-0.2, 0) is 9.53 Å². The van der Waals surface area contributed by atoms with Crippen LogP contribution < -0.4 is 5.32 Å². The number of ether oxygens (including phenoxy) is 1. The molecule has 3 rings (SSSR count). The van der Waals surface area contributed by atoms with E-state index in [1.807, 2.05) is 12.1 Å². The monoisotopic (exact) mass is 341 g/mol. The van der Waals surface area contributed by atoms with Crippen molar-refractivity contribution in [1.82, 2.24) is 5.32 Å². The van der Waals surface area contributed by atoms with Gasteiger partial charge in [-0.1, -0.05) is 49.6 Å². The van der Waals surface area contributed by atoms with Gasteiger partial charge in [-0.3, -0.25) is 4.79 Å². The van der Waals surface area contributed by atoms with E-state index in [1.54, 1.807) is 25.1 Å². The summed E-state index contributed by atoms with van der Waals surface area (Å²) in [6.45, 7) is 1.55. The molecule has 1 atom stereocenters. The zero-order valence-electron chi connectivity index (χ0n) is 14.3. The van der Waals surface area contributed by atoms with E-state index >= 15 is 0 Å². The maximum atomic E-state index is 12.4. The van der Waals surface area contributed by atoms with E-state index < -0.39 is 12.1 Å². The van der Waals surface area contributed by atoms with Crippen LogP contribution in [0.4, 0.5) is 0 Å². The average Bonchev–Trinajstić information content (AvgIpc) is 2.63. The van der Waals surface area contributed by atoms with E-state index in [0.29, 0.717) is 5.39 Å². The minimum atomic E-state index is -0.903. The topological polar surface area (TPSA) is 75.6 Å². The molecule has 0 radical (unpaired) electrons. The lowest BCUT2D eigenvalue weighted by atomic mass is 9.95. The number of carbonyl (C=O) groups is 2. The Morgan fingerprint density at radius 1 is 1.12 bits per heavy atom. The summed E-state index contributed by atoms with van der Waals surface area (Å²) in [6.07, 6.45) is 4.47. The van der Waals surface area contributed by atoms with E-state index in [4.69, 9.17) is 4.74 Å². The first kappa shape index (κ1) is 17.3. The van der Waals surface area contributed by atoms with Gasteiger partial charge in [0.1, 0.15) is 11.3 Å². The molecule has 0 saturated heterocycles. The number of rotatable bonds is 4. The Kier molecular flexibility index (Phi) is 5.22. The van der Waals surface area contributed by atoms with Crippen LogP contribution in [-0.4, -0.2) is 29.1 Å². The molecule has 1 amide bonds.